The van der Waals surface area contributed by atoms with E-state index in [0.717, 1.165) is 32.4 Å². The van der Waals surface area contributed by atoms with Gasteiger partial charge in [0.1, 0.15) is 0 Å². The molecule has 0 radical (unpaired) electrons. The number of nitrogens with one attached hydrogen (secondary N) is 1. The predicted octanol–water partition coefficient (Wildman–Crippen LogP) is -0.247. The number of likely N-dealkylation sites (tertiary alicyclic amines) is 1. The Morgan fingerprint density at radius 2 is 1.95 bits per heavy atom. The third kappa shape index (κ3) is 3.09. The lowest BCUT2D eigenvalue weighted by Crippen LogP contribution is -3.13. The van der Waals surface area contributed by atoms with E-state index in [2.05, 4.69) is 6.92 Å². The lowest BCUT2D eigenvalue weighted by atomic mass is 9.80. The molecule has 5 nitrogen and oxygen atoms in total. The molecule has 0 bridgehead atoms. The molecule has 0 aliphatic carbocycles. The van der Waals surface area contributed by atoms with Crippen LogP contribution in [0.3, 0.4) is 0 Å². The van der Waals surface area contributed by atoms with E-state index in [-0.39, 0.29) is 28.5 Å². The Morgan fingerprint density at radius 3 is 2.53 bits per heavy atom. The number of quaternary nitrogens is 1. The van der Waals surface area contributed by atoms with Gasteiger partial charge in [-0.25, -0.2) is 0 Å². The molecule has 0 saturated carbocycles. The Kier molecular flexibility index (Phi) is 4.18. The molecule has 5 heteroatoms. The van der Waals surface area contributed by atoms with Crippen LogP contribution in [0.1, 0.15) is 40.0 Å². The molecule has 2 rings (SSSR count). The average Bonchev–Trinajstić information content (AvgIpc) is 2.34. The van der Waals surface area contributed by atoms with Crippen molar-refractivity contribution in [2.75, 3.05) is 19.6 Å². The van der Waals surface area contributed by atoms with Crippen LogP contribution in [0.2, 0.25) is 0 Å². The summed E-state index contributed by atoms with van der Waals surface area (Å²) in [5.74, 6) is 0.360. The second kappa shape index (κ2) is 5.38. The maximum atomic E-state index is 12.7. The number of carbonyl (C=O) groups is 1. The fourth-order valence-electron chi connectivity index (χ4n) is 3.38. The second-order valence-electron chi connectivity index (χ2n) is 6.78. The van der Waals surface area contributed by atoms with Crippen molar-refractivity contribution in [1.82, 2.24) is 4.90 Å². The largest absolute Gasteiger partial charge is 0.634 e. The standard InChI is InChI=1S/C14H27N3O2/c1-10-4-7-17(19)11(2)12(10)13(18)16-8-5-14(3,15)6-9-16/h10-12,17H,4-9,15H2,1-3H3/t10-,11?,12?/m0/s1. The summed E-state index contributed by atoms with van der Waals surface area (Å²) >= 11 is 0. The van der Waals surface area contributed by atoms with E-state index in [1.54, 1.807) is 0 Å². The van der Waals surface area contributed by atoms with Crippen LogP contribution in [0.25, 0.3) is 0 Å². The van der Waals surface area contributed by atoms with Gasteiger partial charge in [0.15, 0.2) is 0 Å². The van der Waals surface area contributed by atoms with Gasteiger partial charge in [-0.2, -0.15) is 0 Å². The highest BCUT2D eigenvalue weighted by atomic mass is 16.5. The Morgan fingerprint density at radius 1 is 1.37 bits per heavy atom. The van der Waals surface area contributed by atoms with E-state index in [0.29, 0.717) is 12.5 Å². The molecule has 3 unspecified atom stereocenters. The van der Waals surface area contributed by atoms with Crippen molar-refractivity contribution in [2.24, 2.45) is 17.6 Å². The summed E-state index contributed by atoms with van der Waals surface area (Å²) in [6.07, 6.45) is 2.55. The van der Waals surface area contributed by atoms with Gasteiger partial charge in [0.2, 0.25) is 5.91 Å². The molecule has 19 heavy (non-hydrogen) atoms. The minimum absolute atomic E-state index is 0.122. The molecule has 0 aromatic carbocycles. The zero-order valence-corrected chi connectivity index (χ0v) is 12.3. The summed E-state index contributed by atoms with van der Waals surface area (Å²) in [4.78, 5) is 14.6. The molecule has 2 saturated heterocycles. The fraction of sp³-hybridized carbons (Fsp3) is 0.929. The Bertz CT molecular complexity index is 336. The number of nitrogens with zero attached hydrogens (tertiary/aromatic N) is 1. The van der Waals surface area contributed by atoms with E-state index < -0.39 is 0 Å². The SMILES string of the molecule is CC1C(C(=O)N2CCC(C)(N)CC2)[C@@H](C)CC[NH+]1[O-]. The third-order valence-electron chi connectivity index (χ3n) is 5.01. The van der Waals surface area contributed by atoms with E-state index in [1.165, 1.54) is 0 Å². The van der Waals surface area contributed by atoms with Gasteiger partial charge in [-0.1, -0.05) is 6.92 Å². The molecule has 2 heterocycles. The van der Waals surface area contributed by atoms with E-state index in [4.69, 9.17) is 5.73 Å². The van der Waals surface area contributed by atoms with Gasteiger partial charge in [0.05, 0.1) is 18.5 Å². The number of hydrogen-bond donors (Lipinski definition) is 2. The van der Waals surface area contributed by atoms with Crippen LogP contribution in [0.4, 0.5) is 0 Å². The Labute approximate surface area is 115 Å². The topological polar surface area (TPSA) is 73.8 Å². The van der Waals surface area contributed by atoms with Gasteiger partial charge in [0.25, 0.3) is 0 Å². The zero-order chi connectivity index (χ0) is 14.2. The van der Waals surface area contributed by atoms with Crippen molar-refractivity contribution < 1.29 is 9.86 Å². The molecule has 4 atom stereocenters. The number of amides is 1. The summed E-state index contributed by atoms with van der Waals surface area (Å²) in [5.41, 5.74) is 5.96. The number of rotatable bonds is 1. The Hall–Kier alpha value is -0.650. The van der Waals surface area contributed by atoms with Crippen molar-refractivity contribution in [3.63, 3.8) is 0 Å². The van der Waals surface area contributed by atoms with E-state index in [9.17, 15) is 10.0 Å². The molecule has 2 aliphatic heterocycles. The quantitative estimate of drug-likeness (QED) is 0.645. The highest BCUT2D eigenvalue weighted by Gasteiger charge is 2.41. The molecule has 0 spiro atoms. The molecular weight excluding hydrogens is 242 g/mol. The van der Waals surface area contributed by atoms with Crippen LogP contribution >= 0.6 is 0 Å². The molecule has 110 valence electrons. The predicted molar refractivity (Wildman–Crippen MR) is 74.3 cm³/mol. The van der Waals surface area contributed by atoms with Crippen LogP contribution < -0.4 is 10.8 Å². The number of nitrogens with two attached hydrogens (primary N) is 1. The van der Waals surface area contributed by atoms with Crippen molar-refractivity contribution >= 4 is 5.91 Å². The third-order valence-corrected chi connectivity index (χ3v) is 5.01. The molecule has 1 amide bonds. The minimum Gasteiger partial charge on any atom is -0.634 e. The molecule has 2 fully saturated rings. The summed E-state index contributed by atoms with van der Waals surface area (Å²) < 4.78 is 0. The van der Waals surface area contributed by atoms with Gasteiger partial charge in [-0.3, -0.25) is 4.79 Å². The molecular formula is C14H27N3O2. The van der Waals surface area contributed by atoms with Crippen molar-refractivity contribution in [3.8, 4) is 0 Å². The van der Waals surface area contributed by atoms with Crippen molar-refractivity contribution in [3.05, 3.63) is 5.21 Å². The van der Waals surface area contributed by atoms with Gasteiger partial charge in [0, 0.05) is 25.0 Å². The first-order valence-electron chi connectivity index (χ1n) is 7.42. The fourth-order valence-corrected chi connectivity index (χ4v) is 3.38. The summed E-state index contributed by atoms with van der Waals surface area (Å²) in [6, 6.07) is -0.123. The lowest BCUT2D eigenvalue weighted by molar-refractivity contribution is -0.884. The van der Waals surface area contributed by atoms with Crippen LogP contribution in [0.15, 0.2) is 0 Å². The minimum atomic E-state index is -0.142. The van der Waals surface area contributed by atoms with Crippen LogP contribution in [-0.4, -0.2) is 42.0 Å². The van der Waals surface area contributed by atoms with E-state index >= 15 is 0 Å². The first-order chi connectivity index (χ1) is 8.82. The number of hydrogen-bond acceptors (Lipinski definition) is 3. The normalized spacial score (nSPS) is 39.1. The second-order valence-corrected chi connectivity index (χ2v) is 6.78. The number of carbonyl (C=O) groups excluding carboxylic acids is 1. The maximum Gasteiger partial charge on any atom is 0.231 e. The van der Waals surface area contributed by atoms with Crippen LogP contribution in [0, 0.1) is 17.0 Å². The van der Waals surface area contributed by atoms with Gasteiger partial charge >= 0.3 is 0 Å². The van der Waals surface area contributed by atoms with Crippen molar-refractivity contribution in [2.45, 2.75) is 51.6 Å². The highest BCUT2D eigenvalue weighted by molar-refractivity contribution is 5.80. The first-order valence-corrected chi connectivity index (χ1v) is 7.42. The first kappa shape index (κ1) is 14.8. The summed E-state index contributed by atoms with van der Waals surface area (Å²) in [5, 5.41) is 12.1. The van der Waals surface area contributed by atoms with Gasteiger partial charge in [-0.15, -0.1) is 0 Å². The molecule has 2 aliphatic rings. The van der Waals surface area contributed by atoms with E-state index in [1.807, 2.05) is 18.7 Å². The highest BCUT2D eigenvalue weighted by Crippen LogP contribution is 2.26. The van der Waals surface area contributed by atoms with Gasteiger partial charge in [-0.05, 0) is 32.6 Å². The molecule has 3 N–H and O–H groups in total. The van der Waals surface area contributed by atoms with Crippen LogP contribution in [0.5, 0.6) is 0 Å². The lowest BCUT2D eigenvalue weighted by Gasteiger charge is -2.45. The summed E-state index contributed by atoms with van der Waals surface area (Å²) in [6.45, 7) is 8.16. The summed E-state index contributed by atoms with van der Waals surface area (Å²) in [7, 11) is 0. The smallest absolute Gasteiger partial charge is 0.231 e. The monoisotopic (exact) mass is 269 g/mol. The van der Waals surface area contributed by atoms with Crippen molar-refractivity contribution in [1.29, 1.82) is 0 Å². The number of hydroxylamine groups is 2. The molecule has 0 aromatic rings. The maximum absolute atomic E-state index is 12.7. The number of piperidine rings is 2. The Balaban J connectivity index is 2.02. The van der Waals surface area contributed by atoms with Gasteiger partial charge < -0.3 is 20.9 Å². The molecule has 0 aromatic heterocycles. The van der Waals surface area contributed by atoms with Crippen LogP contribution in [-0.2, 0) is 4.79 Å². The average molecular weight is 269 g/mol. The zero-order valence-electron chi connectivity index (χ0n) is 12.3.